The van der Waals surface area contributed by atoms with Crippen molar-refractivity contribution in [3.05, 3.63) is 28.8 Å². The standard InChI is InChI=1S/C14H20O3.CHNO/c1-8-6-10(14(3,4)5)7-11(12(8)15)9(2)13(16)17;2-1-3/h6-7,9,15H,1-5H3,(H,16,17);2H. The molecule has 0 spiro atoms. The average Bonchev–Trinajstić information content (AvgIpc) is 2.31. The summed E-state index contributed by atoms with van der Waals surface area (Å²) in [4.78, 5) is 19.4. The number of carbonyl (C=O) groups excluding carboxylic acids is 1. The molecule has 0 heterocycles. The summed E-state index contributed by atoms with van der Waals surface area (Å²) in [6.07, 6.45) is 0.750. The number of isocyanates is 1. The summed E-state index contributed by atoms with van der Waals surface area (Å²) in [5.41, 5.74) is 2.18. The fraction of sp³-hybridized carbons (Fsp3) is 0.467. The Morgan fingerprint density at radius 2 is 1.80 bits per heavy atom. The zero-order chi connectivity index (χ0) is 16.1. The van der Waals surface area contributed by atoms with Gasteiger partial charge in [-0.3, -0.25) is 4.79 Å². The van der Waals surface area contributed by atoms with E-state index in [1.54, 1.807) is 19.9 Å². The molecule has 0 radical (unpaired) electrons. The van der Waals surface area contributed by atoms with Gasteiger partial charge < -0.3 is 10.2 Å². The summed E-state index contributed by atoms with van der Waals surface area (Å²) in [5.74, 6) is -1.53. The molecule has 1 rings (SSSR count). The van der Waals surface area contributed by atoms with Crippen LogP contribution >= 0.6 is 0 Å². The molecule has 0 saturated heterocycles. The Balaban J connectivity index is 0.00000110. The number of nitrogens with one attached hydrogen (secondary N) is 1. The molecule has 1 aromatic rings. The van der Waals surface area contributed by atoms with Gasteiger partial charge in [-0.15, -0.1) is 0 Å². The van der Waals surface area contributed by atoms with Gasteiger partial charge in [-0.1, -0.05) is 32.9 Å². The van der Waals surface area contributed by atoms with Gasteiger partial charge in [-0.05, 0) is 30.4 Å². The van der Waals surface area contributed by atoms with E-state index in [4.69, 9.17) is 15.3 Å². The number of aromatic hydroxyl groups is 1. The monoisotopic (exact) mass is 279 g/mol. The van der Waals surface area contributed by atoms with E-state index in [1.165, 1.54) is 0 Å². The van der Waals surface area contributed by atoms with Crippen LogP contribution in [-0.4, -0.2) is 22.3 Å². The van der Waals surface area contributed by atoms with Gasteiger partial charge in [-0.2, -0.15) is 0 Å². The number of carbonyl (C=O) groups is 1. The Morgan fingerprint density at radius 3 is 2.15 bits per heavy atom. The Bertz CT molecular complexity index is 523. The fourth-order valence-electron chi connectivity index (χ4n) is 1.70. The van der Waals surface area contributed by atoms with Crippen LogP contribution in [0.3, 0.4) is 0 Å². The maximum absolute atomic E-state index is 11.0. The quantitative estimate of drug-likeness (QED) is 0.572. The van der Waals surface area contributed by atoms with Crippen LogP contribution in [0.25, 0.3) is 0 Å². The zero-order valence-electron chi connectivity index (χ0n) is 12.4. The number of hydrogen-bond donors (Lipinski definition) is 3. The molecule has 1 unspecified atom stereocenters. The SMILES string of the molecule is Cc1cc(C(C)(C)C)cc(C(C)C(=O)O)c1O.N=C=O. The number of benzene rings is 1. The second-order valence-electron chi connectivity index (χ2n) is 5.64. The van der Waals surface area contributed by atoms with Crippen LogP contribution in [0.1, 0.15) is 50.3 Å². The number of aliphatic carboxylic acids is 1. The lowest BCUT2D eigenvalue weighted by Gasteiger charge is -2.22. The van der Waals surface area contributed by atoms with Crippen molar-refractivity contribution in [1.82, 2.24) is 0 Å². The van der Waals surface area contributed by atoms with Crippen LogP contribution in [0.15, 0.2) is 12.1 Å². The summed E-state index contributed by atoms with van der Waals surface area (Å²) < 4.78 is 0. The van der Waals surface area contributed by atoms with E-state index in [2.05, 4.69) is 20.8 Å². The molecule has 20 heavy (non-hydrogen) atoms. The predicted molar refractivity (Wildman–Crippen MR) is 76.0 cm³/mol. The van der Waals surface area contributed by atoms with E-state index < -0.39 is 11.9 Å². The lowest BCUT2D eigenvalue weighted by molar-refractivity contribution is -0.138. The van der Waals surface area contributed by atoms with Crippen molar-refractivity contribution in [3.63, 3.8) is 0 Å². The third-order valence-corrected chi connectivity index (χ3v) is 3.03. The molecule has 0 aliphatic rings. The van der Waals surface area contributed by atoms with E-state index in [1.807, 2.05) is 6.07 Å². The van der Waals surface area contributed by atoms with Crippen LogP contribution in [0, 0.1) is 12.3 Å². The first kappa shape index (κ1) is 17.9. The molecular formula is C15H21NO4. The smallest absolute Gasteiger partial charge is 0.310 e. The molecule has 5 heteroatoms. The number of phenolic OH excluding ortho intramolecular Hbond substituents is 1. The Morgan fingerprint density at radius 1 is 1.35 bits per heavy atom. The largest absolute Gasteiger partial charge is 0.507 e. The molecule has 0 bridgehead atoms. The zero-order valence-corrected chi connectivity index (χ0v) is 12.4. The van der Waals surface area contributed by atoms with Crippen molar-refractivity contribution in [1.29, 1.82) is 5.41 Å². The first-order valence-electron chi connectivity index (χ1n) is 6.16. The predicted octanol–water partition coefficient (Wildman–Crippen LogP) is 3.09. The van der Waals surface area contributed by atoms with Crippen LogP contribution in [-0.2, 0) is 15.0 Å². The lowest BCUT2D eigenvalue weighted by Crippen LogP contribution is -2.14. The molecule has 1 aromatic carbocycles. The fourth-order valence-corrected chi connectivity index (χ4v) is 1.70. The van der Waals surface area contributed by atoms with Crippen molar-refractivity contribution in [2.24, 2.45) is 0 Å². The van der Waals surface area contributed by atoms with Gasteiger partial charge >= 0.3 is 5.97 Å². The molecule has 0 aromatic heterocycles. The van der Waals surface area contributed by atoms with Crippen molar-refractivity contribution in [2.45, 2.75) is 46.0 Å². The molecule has 0 saturated carbocycles. The highest BCUT2D eigenvalue weighted by molar-refractivity contribution is 5.77. The van der Waals surface area contributed by atoms with E-state index in [-0.39, 0.29) is 11.2 Å². The Kier molecular flexibility index (Phi) is 6.14. The number of phenols is 1. The third kappa shape index (κ3) is 4.52. The van der Waals surface area contributed by atoms with Crippen LogP contribution in [0.2, 0.25) is 0 Å². The van der Waals surface area contributed by atoms with Crippen molar-refractivity contribution < 1.29 is 19.8 Å². The summed E-state index contributed by atoms with van der Waals surface area (Å²) in [6.45, 7) is 9.57. The number of carboxylic acids is 1. The first-order chi connectivity index (χ1) is 9.06. The van der Waals surface area contributed by atoms with E-state index in [0.29, 0.717) is 5.56 Å². The Hall–Kier alpha value is -2.13. The molecule has 110 valence electrons. The minimum atomic E-state index is -0.925. The average molecular weight is 279 g/mol. The normalized spacial score (nSPS) is 11.8. The third-order valence-electron chi connectivity index (χ3n) is 3.03. The van der Waals surface area contributed by atoms with Gasteiger partial charge in [0, 0.05) is 5.56 Å². The summed E-state index contributed by atoms with van der Waals surface area (Å²) in [5, 5.41) is 24.4. The molecule has 0 amide bonds. The van der Waals surface area contributed by atoms with Gasteiger partial charge in [0.15, 0.2) is 0 Å². The van der Waals surface area contributed by atoms with Gasteiger partial charge in [0.25, 0.3) is 0 Å². The lowest BCUT2D eigenvalue weighted by atomic mass is 9.83. The van der Waals surface area contributed by atoms with Crippen LogP contribution in [0.5, 0.6) is 5.75 Å². The minimum absolute atomic E-state index is 0.0641. The summed E-state index contributed by atoms with van der Waals surface area (Å²) in [6, 6.07) is 3.70. The molecule has 5 nitrogen and oxygen atoms in total. The first-order valence-corrected chi connectivity index (χ1v) is 6.16. The number of hydrogen-bond acceptors (Lipinski definition) is 4. The highest BCUT2D eigenvalue weighted by Crippen LogP contribution is 2.34. The topological polar surface area (TPSA) is 98.4 Å². The van der Waals surface area contributed by atoms with E-state index in [0.717, 1.165) is 17.2 Å². The number of carboxylic acid groups (broad SMARTS) is 1. The highest BCUT2D eigenvalue weighted by Gasteiger charge is 2.23. The second-order valence-corrected chi connectivity index (χ2v) is 5.64. The van der Waals surface area contributed by atoms with Gasteiger partial charge in [-0.25, -0.2) is 10.2 Å². The second kappa shape index (κ2) is 6.87. The van der Waals surface area contributed by atoms with Gasteiger partial charge in [0.05, 0.1) is 5.92 Å². The Labute approximate surface area is 118 Å². The number of rotatable bonds is 2. The maximum Gasteiger partial charge on any atom is 0.310 e. The minimum Gasteiger partial charge on any atom is -0.507 e. The molecule has 1 atom stereocenters. The molecule has 0 aliphatic carbocycles. The van der Waals surface area contributed by atoms with E-state index in [9.17, 15) is 9.90 Å². The van der Waals surface area contributed by atoms with Crippen molar-refractivity contribution >= 4 is 12.0 Å². The number of aryl methyl sites for hydroxylation is 1. The van der Waals surface area contributed by atoms with Crippen LogP contribution < -0.4 is 0 Å². The molecule has 0 fully saturated rings. The highest BCUT2D eigenvalue weighted by atomic mass is 16.4. The van der Waals surface area contributed by atoms with E-state index >= 15 is 0 Å². The van der Waals surface area contributed by atoms with Gasteiger partial charge in [0.2, 0.25) is 6.08 Å². The summed E-state index contributed by atoms with van der Waals surface area (Å²) >= 11 is 0. The maximum atomic E-state index is 11.0. The molecule has 3 N–H and O–H groups in total. The van der Waals surface area contributed by atoms with Crippen LogP contribution in [0.4, 0.5) is 0 Å². The van der Waals surface area contributed by atoms with Gasteiger partial charge in [0.1, 0.15) is 5.75 Å². The molecule has 0 aliphatic heterocycles. The van der Waals surface area contributed by atoms with Crippen molar-refractivity contribution in [2.75, 3.05) is 0 Å². The van der Waals surface area contributed by atoms with Crippen molar-refractivity contribution in [3.8, 4) is 5.75 Å². The summed E-state index contributed by atoms with van der Waals surface area (Å²) in [7, 11) is 0. The molecular weight excluding hydrogens is 258 g/mol.